The van der Waals surface area contributed by atoms with Gasteiger partial charge in [0.05, 0.1) is 31.0 Å². The maximum Gasteiger partial charge on any atom is 0.239 e. The number of hydrogen-bond donors (Lipinski definition) is 2. The van der Waals surface area contributed by atoms with E-state index in [1.54, 1.807) is 0 Å². The predicted octanol–water partition coefficient (Wildman–Crippen LogP) is 0.497. The monoisotopic (exact) mass is 343 g/mol. The fourth-order valence-corrected chi connectivity index (χ4v) is 3.76. The van der Waals surface area contributed by atoms with E-state index in [2.05, 4.69) is 27.2 Å². The van der Waals surface area contributed by atoms with E-state index in [9.17, 15) is 4.79 Å². The van der Waals surface area contributed by atoms with E-state index in [4.69, 9.17) is 10.5 Å². The van der Waals surface area contributed by atoms with Crippen LogP contribution in [0.25, 0.3) is 10.9 Å². The van der Waals surface area contributed by atoms with Crippen LogP contribution in [0, 0.1) is 0 Å². The highest BCUT2D eigenvalue weighted by Gasteiger charge is 2.26. The molecule has 25 heavy (non-hydrogen) atoms. The van der Waals surface area contributed by atoms with Crippen molar-refractivity contribution in [2.24, 2.45) is 5.73 Å². The number of aryl methyl sites for hydroxylation is 1. The van der Waals surface area contributed by atoms with Crippen LogP contribution in [-0.2, 0) is 22.5 Å². The number of benzene rings is 1. The van der Waals surface area contributed by atoms with Gasteiger partial charge in [0, 0.05) is 38.1 Å². The number of amides is 1. The van der Waals surface area contributed by atoms with Crippen molar-refractivity contribution in [1.29, 1.82) is 0 Å². The van der Waals surface area contributed by atoms with E-state index in [-0.39, 0.29) is 5.91 Å². The van der Waals surface area contributed by atoms with Crippen molar-refractivity contribution in [3.8, 4) is 0 Å². The first-order valence-corrected chi connectivity index (χ1v) is 9.00. The number of nitrogens with zero attached hydrogens (tertiary/aromatic N) is 3. The molecular formula is C18H25N5O2. The van der Waals surface area contributed by atoms with Gasteiger partial charge >= 0.3 is 0 Å². The van der Waals surface area contributed by atoms with Crippen LogP contribution in [0.4, 0.5) is 0 Å². The Kier molecular flexibility index (Phi) is 4.70. The largest absolute Gasteiger partial charge is 0.379 e. The molecule has 3 N–H and O–H groups in total. The molecule has 4 rings (SSSR count). The van der Waals surface area contributed by atoms with Gasteiger partial charge in [-0.25, -0.2) is 0 Å². The molecule has 1 fully saturated rings. The normalized spacial score (nSPS) is 22.7. The summed E-state index contributed by atoms with van der Waals surface area (Å²) in [4.78, 5) is 17.1. The Morgan fingerprint density at radius 1 is 1.28 bits per heavy atom. The highest BCUT2D eigenvalue weighted by Crippen LogP contribution is 2.26. The Bertz CT molecular complexity index is 753. The minimum atomic E-state index is -0.419. The van der Waals surface area contributed by atoms with Crippen LogP contribution in [0.2, 0.25) is 0 Å². The Morgan fingerprint density at radius 3 is 2.96 bits per heavy atom. The third-order valence-corrected chi connectivity index (χ3v) is 5.33. The number of rotatable bonds is 3. The highest BCUT2D eigenvalue weighted by atomic mass is 16.5. The topological polar surface area (TPSA) is 87.5 Å². The van der Waals surface area contributed by atoms with Crippen molar-refractivity contribution < 1.29 is 9.53 Å². The molecule has 134 valence electrons. The molecule has 0 bridgehead atoms. The van der Waals surface area contributed by atoms with Gasteiger partial charge in [-0.1, -0.05) is 6.07 Å². The molecule has 1 aromatic heterocycles. The van der Waals surface area contributed by atoms with Gasteiger partial charge < -0.3 is 15.4 Å². The second-order valence-electron chi connectivity index (χ2n) is 6.89. The number of carbonyl (C=O) groups is 1. The average Bonchev–Trinajstić information content (AvgIpc) is 3.12. The van der Waals surface area contributed by atoms with Gasteiger partial charge in [-0.15, -0.1) is 0 Å². The molecule has 3 heterocycles. The van der Waals surface area contributed by atoms with Gasteiger partial charge in [0.1, 0.15) is 0 Å². The third-order valence-electron chi connectivity index (χ3n) is 5.33. The lowest BCUT2D eigenvalue weighted by Crippen LogP contribution is -2.48. The van der Waals surface area contributed by atoms with Crippen molar-refractivity contribution >= 4 is 16.8 Å². The van der Waals surface area contributed by atoms with Crippen molar-refractivity contribution in [2.75, 3.05) is 39.4 Å². The molecule has 0 aliphatic carbocycles. The van der Waals surface area contributed by atoms with Crippen LogP contribution in [0.5, 0.6) is 0 Å². The first-order valence-electron chi connectivity index (χ1n) is 9.00. The van der Waals surface area contributed by atoms with Gasteiger partial charge in [-0.05, 0) is 30.0 Å². The second kappa shape index (κ2) is 7.11. The van der Waals surface area contributed by atoms with E-state index >= 15 is 0 Å². The molecule has 2 aliphatic heterocycles. The molecule has 2 aromatic rings. The lowest BCUT2D eigenvalue weighted by Gasteiger charge is -2.33. The lowest BCUT2D eigenvalue weighted by atomic mass is 9.94. The van der Waals surface area contributed by atoms with Gasteiger partial charge in [-0.3, -0.25) is 14.8 Å². The van der Waals surface area contributed by atoms with Crippen molar-refractivity contribution in [1.82, 2.24) is 20.0 Å². The van der Waals surface area contributed by atoms with E-state index in [0.717, 1.165) is 50.2 Å². The summed E-state index contributed by atoms with van der Waals surface area (Å²) in [5, 5.41) is 8.30. The molecule has 0 spiro atoms. The summed E-state index contributed by atoms with van der Waals surface area (Å²) in [7, 11) is 0. The zero-order chi connectivity index (χ0) is 17.2. The van der Waals surface area contributed by atoms with E-state index < -0.39 is 6.04 Å². The van der Waals surface area contributed by atoms with Crippen molar-refractivity contribution in [3.63, 3.8) is 0 Å². The number of H-pyrrole nitrogens is 1. The maximum absolute atomic E-state index is 12.8. The summed E-state index contributed by atoms with van der Waals surface area (Å²) in [5.74, 6) is 0.0550. The van der Waals surface area contributed by atoms with Crippen molar-refractivity contribution in [2.45, 2.75) is 25.4 Å². The standard InChI is InChI=1S/C18H25N5O2/c19-16-3-1-13-2-4-17-14(11-20-21-17)15(13)12-23(18(16)24)6-5-22-7-9-25-10-8-22/h2,4,11,16H,1,3,5-10,12,19H2,(H,20,21)/t16-/m1/s1. The van der Waals surface area contributed by atoms with Gasteiger partial charge in [-0.2, -0.15) is 5.10 Å². The summed E-state index contributed by atoms with van der Waals surface area (Å²) >= 11 is 0. The summed E-state index contributed by atoms with van der Waals surface area (Å²) in [6.45, 7) is 5.55. The smallest absolute Gasteiger partial charge is 0.239 e. The Balaban J connectivity index is 1.58. The van der Waals surface area contributed by atoms with Crippen molar-refractivity contribution in [3.05, 3.63) is 29.5 Å². The molecule has 1 aromatic carbocycles. The molecule has 1 atom stereocenters. The number of nitrogens with one attached hydrogen (secondary N) is 1. The number of aromatic amines is 1. The second-order valence-corrected chi connectivity index (χ2v) is 6.89. The number of morpholine rings is 1. The van der Waals surface area contributed by atoms with Crippen LogP contribution >= 0.6 is 0 Å². The zero-order valence-electron chi connectivity index (χ0n) is 14.4. The average molecular weight is 343 g/mol. The summed E-state index contributed by atoms with van der Waals surface area (Å²) in [6, 6.07) is 3.78. The first-order chi connectivity index (χ1) is 12.2. The Labute approximate surface area is 147 Å². The minimum absolute atomic E-state index is 0.0550. The lowest BCUT2D eigenvalue weighted by molar-refractivity contribution is -0.133. The van der Waals surface area contributed by atoms with Crippen LogP contribution in [0.1, 0.15) is 17.5 Å². The summed E-state index contributed by atoms with van der Waals surface area (Å²) in [6.07, 6.45) is 3.38. The fourth-order valence-electron chi connectivity index (χ4n) is 3.76. The molecule has 0 saturated carbocycles. The third kappa shape index (κ3) is 3.40. The van der Waals surface area contributed by atoms with Crippen LogP contribution in [-0.4, -0.2) is 71.3 Å². The predicted molar refractivity (Wildman–Crippen MR) is 95.1 cm³/mol. The van der Waals surface area contributed by atoms with Crippen LogP contribution < -0.4 is 5.73 Å². The first kappa shape index (κ1) is 16.5. The van der Waals surface area contributed by atoms with Crippen LogP contribution in [0.3, 0.4) is 0 Å². The Hall–Kier alpha value is -1.96. The molecule has 0 unspecified atom stereocenters. The van der Waals surface area contributed by atoms with E-state index in [1.165, 1.54) is 11.1 Å². The number of fused-ring (bicyclic) bond motifs is 3. The number of aromatic nitrogens is 2. The maximum atomic E-state index is 12.8. The molecule has 2 aliphatic rings. The quantitative estimate of drug-likeness (QED) is 0.847. The SMILES string of the molecule is N[C@@H]1CCc2ccc3[nH]ncc3c2CN(CCN2CCOCC2)C1=O. The molecule has 7 nitrogen and oxygen atoms in total. The van der Waals surface area contributed by atoms with Gasteiger partial charge in [0.15, 0.2) is 0 Å². The van der Waals surface area contributed by atoms with Crippen LogP contribution in [0.15, 0.2) is 18.3 Å². The summed E-state index contributed by atoms with van der Waals surface area (Å²) in [5.41, 5.74) is 9.64. The molecule has 0 radical (unpaired) electrons. The van der Waals surface area contributed by atoms with Gasteiger partial charge in [0.25, 0.3) is 0 Å². The van der Waals surface area contributed by atoms with E-state index in [1.807, 2.05) is 11.1 Å². The molecule has 1 amide bonds. The number of hydrogen-bond acceptors (Lipinski definition) is 5. The molecule has 1 saturated heterocycles. The summed E-state index contributed by atoms with van der Waals surface area (Å²) < 4.78 is 5.40. The van der Waals surface area contributed by atoms with Gasteiger partial charge in [0.2, 0.25) is 5.91 Å². The highest BCUT2D eigenvalue weighted by molar-refractivity contribution is 5.86. The number of carbonyl (C=O) groups excluding carboxylic acids is 1. The number of nitrogens with two attached hydrogens (primary N) is 1. The molecular weight excluding hydrogens is 318 g/mol. The minimum Gasteiger partial charge on any atom is -0.379 e. The zero-order valence-corrected chi connectivity index (χ0v) is 14.4. The van der Waals surface area contributed by atoms with E-state index in [0.29, 0.717) is 19.5 Å². The molecule has 7 heteroatoms. The fraction of sp³-hybridized carbons (Fsp3) is 0.556. The number of ether oxygens (including phenoxy) is 1. The Morgan fingerprint density at radius 2 is 2.12 bits per heavy atom.